The molecule has 2 heteroatoms. The van der Waals surface area contributed by atoms with E-state index < -0.39 is 0 Å². The van der Waals surface area contributed by atoms with Crippen LogP contribution in [0.3, 0.4) is 0 Å². The van der Waals surface area contributed by atoms with E-state index in [-0.39, 0.29) is 0 Å². The van der Waals surface area contributed by atoms with E-state index in [0.717, 1.165) is 6.54 Å². The van der Waals surface area contributed by atoms with Crippen LogP contribution in [0.1, 0.15) is 23.6 Å². The summed E-state index contributed by atoms with van der Waals surface area (Å²) < 4.78 is 1.18. The normalized spacial score (nSPS) is 22.0. The van der Waals surface area contributed by atoms with Crippen molar-refractivity contribution in [1.29, 1.82) is 0 Å². The molecule has 0 unspecified atom stereocenters. The number of rotatable bonds is 1. The largest absolute Gasteiger partial charge is 0.310 e. The summed E-state index contributed by atoms with van der Waals surface area (Å²) in [6.07, 6.45) is 1.28. The number of benzene rings is 1. The van der Waals surface area contributed by atoms with Gasteiger partial charge < -0.3 is 5.32 Å². The van der Waals surface area contributed by atoms with E-state index in [9.17, 15) is 0 Å². The molecule has 12 heavy (non-hydrogen) atoms. The van der Waals surface area contributed by atoms with Crippen molar-refractivity contribution < 1.29 is 0 Å². The number of nitrogens with one attached hydrogen (secondary N) is 1. The Bertz CT molecular complexity index is 292. The van der Waals surface area contributed by atoms with E-state index in [1.807, 2.05) is 0 Å². The molecule has 2 rings (SSSR count). The summed E-state index contributed by atoms with van der Waals surface area (Å²) in [7, 11) is 0. The van der Waals surface area contributed by atoms with Crippen molar-refractivity contribution in [2.24, 2.45) is 0 Å². The minimum Gasteiger partial charge on any atom is -0.310 e. The highest BCUT2D eigenvalue weighted by atomic mass is 79.9. The molecule has 1 atom stereocenters. The van der Waals surface area contributed by atoms with Gasteiger partial charge in [-0.15, -0.1) is 0 Å². The molecule has 1 fully saturated rings. The molecule has 0 spiro atoms. The quantitative estimate of drug-likeness (QED) is 0.776. The van der Waals surface area contributed by atoms with Gasteiger partial charge in [-0.25, -0.2) is 0 Å². The van der Waals surface area contributed by atoms with E-state index in [1.165, 1.54) is 22.0 Å². The first kappa shape index (κ1) is 8.27. The van der Waals surface area contributed by atoms with Crippen LogP contribution in [0.4, 0.5) is 0 Å². The van der Waals surface area contributed by atoms with Crippen LogP contribution in [0.2, 0.25) is 0 Å². The highest BCUT2D eigenvalue weighted by Crippen LogP contribution is 2.27. The van der Waals surface area contributed by atoms with Crippen molar-refractivity contribution >= 4 is 15.9 Å². The van der Waals surface area contributed by atoms with Gasteiger partial charge in [-0.2, -0.15) is 0 Å². The lowest BCUT2D eigenvalue weighted by Gasteiger charge is -2.29. The fraction of sp³-hybridized carbons (Fsp3) is 0.400. The molecular weight excluding hydrogens is 214 g/mol. The minimum atomic E-state index is 0.600. The van der Waals surface area contributed by atoms with Crippen LogP contribution in [0.25, 0.3) is 0 Å². The van der Waals surface area contributed by atoms with Crippen molar-refractivity contribution in [1.82, 2.24) is 5.32 Å². The lowest BCUT2D eigenvalue weighted by molar-refractivity contribution is 0.382. The molecule has 0 aromatic heterocycles. The molecule has 0 amide bonds. The number of aryl methyl sites for hydroxylation is 1. The number of halogens is 1. The second kappa shape index (κ2) is 3.19. The van der Waals surface area contributed by atoms with Crippen molar-refractivity contribution in [2.45, 2.75) is 19.4 Å². The highest BCUT2D eigenvalue weighted by molar-refractivity contribution is 9.10. The second-order valence-electron chi connectivity index (χ2n) is 3.30. The molecule has 0 saturated carbocycles. The van der Waals surface area contributed by atoms with Crippen LogP contribution in [0.5, 0.6) is 0 Å². The average Bonchev–Trinajstić information content (AvgIpc) is 1.93. The monoisotopic (exact) mass is 225 g/mol. The van der Waals surface area contributed by atoms with Gasteiger partial charge in [0.25, 0.3) is 0 Å². The van der Waals surface area contributed by atoms with Gasteiger partial charge in [0.1, 0.15) is 0 Å². The van der Waals surface area contributed by atoms with Crippen LogP contribution < -0.4 is 5.32 Å². The summed E-state index contributed by atoms with van der Waals surface area (Å²) >= 11 is 3.49. The van der Waals surface area contributed by atoms with Crippen LogP contribution in [0, 0.1) is 6.92 Å². The molecule has 0 radical (unpaired) electrons. The summed E-state index contributed by atoms with van der Waals surface area (Å²) in [6, 6.07) is 7.07. The first-order valence-electron chi connectivity index (χ1n) is 4.27. The molecule has 1 aliphatic heterocycles. The van der Waals surface area contributed by atoms with Gasteiger partial charge in [0.15, 0.2) is 0 Å². The summed E-state index contributed by atoms with van der Waals surface area (Å²) in [5.74, 6) is 0. The number of hydrogen-bond acceptors (Lipinski definition) is 1. The summed E-state index contributed by atoms with van der Waals surface area (Å²) in [4.78, 5) is 0. The minimum absolute atomic E-state index is 0.600. The average molecular weight is 226 g/mol. The molecule has 1 saturated heterocycles. The molecule has 1 aromatic carbocycles. The predicted molar refractivity (Wildman–Crippen MR) is 54.2 cm³/mol. The maximum atomic E-state index is 3.49. The van der Waals surface area contributed by atoms with E-state index in [4.69, 9.17) is 0 Å². The lowest BCUT2D eigenvalue weighted by atomic mass is 9.94. The van der Waals surface area contributed by atoms with Gasteiger partial charge in [-0.3, -0.25) is 0 Å². The summed E-state index contributed by atoms with van der Waals surface area (Å²) in [5, 5.41) is 3.41. The Labute approximate surface area is 81.3 Å². The topological polar surface area (TPSA) is 12.0 Å². The van der Waals surface area contributed by atoms with E-state index >= 15 is 0 Å². The van der Waals surface area contributed by atoms with Gasteiger partial charge >= 0.3 is 0 Å². The van der Waals surface area contributed by atoms with Gasteiger partial charge in [-0.1, -0.05) is 22.0 Å². The molecule has 1 aliphatic rings. The Hall–Kier alpha value is -0.340. The Morgan fingerprint density at radius 3 is 2.83 bits per heavy atom. The zero-order chi connectivity index (χ0) is 8.55. The zero-order valence-corrected chi connectivity index (χ0v) is 8.69. The second-order valence-corrected chi connectivity index (χ2v) is 4.21. The third-order valence-electron chi connectivity index (χ3n) is 2.44. The molecule has 1 heterocycles. The van der Waals surface area contributed by atoms with E-state index in [0.29, 0.717) is 6.04 Å². The van der Waals surface area contributed by atoms with Gasteiger partial charge in [0.05, 0.1) is 0 Å². The van der Waals surface area contributed by atoms with Crippen molar-refractivity contribution in [3.63, 3.8) is 0 Å². The first-order chi connectivity index (χ1) is 5.77. The van der Waals surface area contributed by atoms with Crippen molar-refractivity contribution in [3.05, 3.63) is 33.8 Å². The molecular formula is C10H12BrN. The van der Waals surface area contributed by atoms with Crippen molar-refractivity contribution in [2.75, 3.05) is 6.54 Å². The van der Waals surface area contributed by atoms with Crippen molar-refractivity contribution in [3.8, 4) is 0 Å². The predicted octanol–water partition coefficient (Wildman–Crippen LogP) is 2.79. The molecule has 1 nitrogen and oxygen atoms in total. The van der Waals surface area contributed by atoms with E-state index in [2.05, 4.69) is 46.4 Å². The molecule has 0 aliphatic carbocycles. The lowest BCUT2D eigenvalue weighted by Crippen LogP contribution is -2.35. The van der Waals surface area contributed by atoms with Crippen LogP contribution in [0.15, 0.2) is 22.7 Å². The fourth-order valence-corrected chi connectivity index (χ4v) is 1.92. The number of hydrogen-bond donors (Lipinski definition) is 1. The Balaban J connectivity index is 2.34. The van der Waals surface area contributed by atoms with E-state index in [1.54, 1.807) is 0 Å². The summed E-state index contributed by atoms with van der Waals surface area (Å²) in [5.41, 5.74) is 2.83. The maximum absolute atomic E-state index is 3.49. The zero-order valence-electron chi connectivity index (χ0n) is 7.10. The molecule has 64 valence electrons. The Morgan fingerprint density at radius 1 is 1.50 bits per heavy atom. The van der Waals surface area contributed by atoms with Gasteiger partial charge in [0, 0.05) is 10.5 Å². The molecule has 1 aromatic rings. The molecule has 1 N–H and O–H groups in total. The van der Waals surface area contributed by atoms with Gasteiger partial charge in [0.2, 0.25) is 0 Å². The standard InChI is InChI=1S/C10H12BrN/c1-7-2-3-8(11)6-9(7)10-4-5-12-10/h2-3,6,10,12H,4-5H2,1H3/t10-/m1/s1. The van der Waals surface area contributed by atoms with Gasteiger partial charge in [-0.05, 0) is 43.1 Å². The van der Waals surface area contributed by atoms with Crippen LogP contribution >= 0.6 is 15.9 Å². The van der Waals surface area contributed by atoms with Crippen LogP contribution in [-0.4, -0.2) is 6.54 Å². The first-order valence-corrected chi connectivity index (χ1v) is 5.06. The highest BCUT2D eigenvalue weighted by Gasteiger charge is 2.19. The Kier molecular flexibility index (Phi) is 2.20. The third-order valence-corrected chi connectivity index (χ3v) is 2.93. The smallest absolute Gasteiger partial charge is 0.0335 e. The maximum Gasteiger partial charge on any atom is 0.0335 e. The fourth-order valence-electron chi connectivity index (χ4n) is 1.54. The van der Waals surface area contributed by atoms with Crippen LogP contribution in [-0.2, 0) is 0 Å². The Morgan fingerprint density at radius 2 is 2.25 bits per heavy atom. The third kappa shape index (κ3) is 1.41. The summed E-state index contributed by atoms with van der Waals surface area (Å²) in [6.45, 7) is 3.33. The molecule has 0 bridgehead atoms. The SMILES string of the molecule is Cc1ccc(Br)cc1[C@H]1CCN1.